The summed E-state index contributed by atoms with van der Waals surface area (Å²) in [5.41, 5.74) is 4.18. The van der Waals surface area contributed by atoms with Crippen LogP contribution < -0.4 is 5.32 Å². The van der Waals surface area contributed by atoms with E-state index in [0.717, 1.165) is 36.5 Å². The highest BCUT2D eigenvalue weighted by molar-refractivity contribution is 5.61. The molecule has 32 heavy (non-hydrogen) atoms. The molecule has 2 bridgehead atoms. The summed E-state index contributed by atoms with van der Waals surface area (Å²) in [5.74, 6) is 0.582. The second-order valence-electron chi connectivity index (χ2n) is 8.95. The highest BCUT2D eigenvalue weighted by atomic mass is 15.5. The van der Waals surface area contributed by atoms with Gasteiger partial charge in [0.2, 0.25) is 0 Å². The molecule has 2 N–H and O–H groups in total. The number of benzene rings is 2. The fourth-order valence-corrected chi connectivity index (χ4v) is 4.71. The second kappa shape index (κ2) is 9.73. The van der Waals surface area contributed by atoms with Gasteiger partial charge in [0.25, 0.3) is 0 Å². The summed E-state index contributed by atoms with van der Waals surface area (Å²) < 4.78 is 1.33. The maximum atomic E-state index is 4.33. The van der Waals surface area contributed by atoms with Crippen LogP contribution in [0.1, 0.15) is 5.56 Å². The van der Waals surface area contributed by atoms with Gasteiger partial charge in [-0.15, -0.1) is 10.2 Å². The van der Waals surface area contributed by atoms with Gasteiger partial charge in [0, 0.05) is 32.2 Å². The highest BCUT2D eigenvalue weighted by Crippen LogP contribution is 2.23. The van der Waals surface area contributed by atoms with E-state index in [1.54, 1.807) is 0 Å². The van der Waals surface area contributed by atoms with E-state index in [1.165, 1.54) is 55.9 Å². The molecule has 4 heterocycles. The van der Waals surface area contributed by atoms with Gasteiger partial charge in [-0.25, -0.2) is 0 Å². The van der Waals surface area contributed by atoms with Crippen LogP contribution in [0.4, 0.5) is 11.5 Å². The van der Waals surface area contributed by atoms with Crippen molar-refractivity contribution in [2.24, 2.45) is 10.2 Å². The van der Waals surface area contributed by atoms with Crippen molar-refractivity contribution in [1.82, 2.24) is 20.4 Å². The molecule has 0 atom stereocenters. The van der Waals surface area contributed by atoms with E-state index in [0.29, 0.717) is 5.82 Å². The average Bonchev–Trinajstić information content (AvgIpc) is 3.34. The molecule has 0 saturated carbocycles. The van der Waals surface area contributed by atoms with Crippen molar-refractivity contribution in [2.45, 2.75) is 6.42 Å². The van der Waals surface area contributed by atoms with Gasteiger partial charge in [-0.05, 0) is 36.2 Å². The van der Waals surface area contributed by atoms with E-state index >= 15 is 0 Å². The van der Waals surface area contributed by atoms with Crippen LogP contribution in [-0.2, 0) is 6.42 Å². The molecule has 7 nitrogen and oxygen atoms in total. The molecule has 0 spiro atoms. The molecule has 0 aliphatic carbocycles. The van der Waals surface area contributed by atoms with Crippen LogP contribution in [0, 0.1) is 0 Å². The van der Waals surface area contributed by atoms with Gasteiger partial charge in [-0.2, -0.15) is 5.10 Å². The van der Waals surface area contributed by atoms with E-state index in [2.05, 4.69) is 42.8 Å². The first kappa shape index (κ1) is 21.0. The second-order valence-corrected chi connectivity index (χ2v) is 8.95. The number of piperazine rings is 3. The standard InChI is InChI=1S/C25H32N7/c1-2-4-22(5-3-1)24-20-25(30-28-24)29-27-23-8-6-21(7-9-23)10-11-26-12-16-32-17-13-31(14-18-32)15-19-32/h1-9,20,26H,10-19H2,(H,28,30)/q+1. The third-order valence-corrected chi connectivity index (χ3v) is 6.88. The Morgan fingerprint density at radius 1 is 0.906 bits per heavy atom. The Hall–Kier alpha value is -2.87. The molecule has 3 saturated heterocycles. The minimum absolute atomic E-state index is 0.582. The van der Waals surface area contributed by atoms with E-state index in [-0.39, 0.29) is 0 Å². The minimum atomic E-state index is 0.582. The maximum absolute atomic E-state index is 4.33. The lowest BCUT2D eigenvalue weighted by molar-refractivity contribution is -0.939. The summed E-state index contributed by atoms with van der Waals surface area (Å²) in [6, 6.07) is 20.3. The predicted molar refractivity (Wildman–Crippen MR) is 127 cm³/mol. The summed E-state index contributed by atoms with van der Waals surface area (Å²) in [7, 11) is 0. The Morgan fingerprint density at radius 2 is 1.66 bits per heavy atom. The van der Waals surface area contributed by atoms with Crippen molar-refractivity contribution in [3.8, 4) is 11.3 Å². The number of nitrogens with one attached hydrogen (secondary N) is 2. The number of fused-ring (bicyclic) bond motifs is 3. The zero-order valence-electron chi connectivity index (χ0n) is 18.6. The molecule has 166 valence electrons. The lowest BCUT2D eigenvalue weighted by Gasteiger charge is -2.50. The molecule has 3 aromatic rings. The lowest BCUT2D eigenvalue weighted by Crippen LogP contribution is -2.68. The van der Waals surface area contributed by atoms with Gasteiger partial charge < -0.3 is 9.80 Å². The van der Waals surface area contributed by atoms with Crippen molar-refractivity contribution < 1.29 is 4.48 Å². The van der Waals surface area contributed by atoms with E-state index in [1.807, 2.05) is 48.5 Å². The third kappa shape index (κ3) is 5.12. The molecule has 2 aromatic carbocycles. The molecule has 0 unspecified atom stereocenters. The normalized spacial score (nSPS) is 22.6. The number of rotatable bonds is 9. The molecular weight excluding hydrogens is 398 g/mol. The van der Waals surface area contributed by atoms with Crippen molar-refractivity contribution >= 4 is 11.5 Å². The molecule has 3 aliphatic heterocycles. The van der Waals surface area contributed by atoms with Gasteiger partial charge >= 0.3 is 0 Å². The van der Waals surface area contributed by atoms with Crippen molar-refractivity contribution in [3.05, 3.63) is 66.2 Å². The van der Waals surface area contributed by atoms with E-state index < -0.39 is 0 Å². The fourth-order valence-electron chi connectivity index (χ4n) is 4.71. The van der Waals surface area contributed by atoms with Gasteiger partial charge in [0.05, 0.1) is 37.6 Å². The summed E-state index contributed by atoms with van der Waals surface area (Å²) in [6.45, 7) is 11.3. The molecule has 1 aromatic heterocycles. The third-order valence-electron chi connectivity index (χ3n) is 6.88. The zero-order chi connectivity index (χ0) is 21.6. The predicted octanol–water partition coefficient (Wildman–Crippen LogP) is 3.77. The number of hydrogen-bond donors (Lipinski definition) is 2. The Kier molecular flexibility index (Phi) is 6.39. The van der Waals surface area contributed by atoms with Crippen LogP contribution in [0.5, 0.6) is 0 Å². The van der Waals surface area contributed by atoms with Crippen LogP contribution in [0.15, 0.2) is 70.9 Å². The monoisotopic (exact) mass is 430 g/mol. The van der Waals surface area contributed by atoms with Crippen molar-refractivity contribution in [2.75, 3.05) is 58.9 Å². The van der Waals surface area contributed by atoms with Gasteiger partial charge in [-0.1, -0.05) is 42.5 Å². The van der Waals surface area contributed by atoms with E-state index in [9.17, 15) is 0 Å². The Bertz CT molecular complexity index is 1000. The molecule has 0 amide bonds. The first-order valence-electron chi connectivity index (χ1n) is 11.7. The molecule has 6 rings (SSSR count). The quantitative estimate of drug-likeness (QED) is 0.308. The topological polar surface area (TPSA) is 68.7 Å². The van der Waals surface area contributed by atoms with Crippen LogP contribution in [0.3, 0.4) is 0 Å². The number of azo groups is 1. The number of aromatic nitrogens is 2. The summed E-state index contributed by atoms with van der Waals surface area (Å²) in [4.78, 5) is 2.60. The fraction of sp³-hybridized carbons (Fsp3) is 0.400. The number of nitrogens with zero attached hydrogens (tertiary/aromatic N) is 5. The zero-order valence-corrected chi connectivity index (χ0v) is 18.6. The lowest BCUT2D eigenvalue weighted by atomic mass is 10.1. The summed E-state index contributed by atoms with van der Waals surface area (Å²) in [5, 5.41) is 19.5. The van der Waals surface area contributed by atoms with Gasteiger partial charge in [0.15, 0.2) is 5.82 Å². The summed E-state index contributed by atoms with van der Waals surface area (Å²) >= 11 is 0. The Labute approximate surface area is 189 Å². The van der Waals surface area contributed by atoms with E-state index in [4.69, 9.17) is 0 Å². The maximum Gasteiger partial charge on any atom is 0.196 e. The Balaban J connectivity index is 1.06. The molecule has 7 heteroatoms. The number of H-pyrrole nitrogens is 1. The number of quaternary nitrogens is 1. The first-order valence-corrected chi connectivity index (χ1v) is 11.7. The molecular formula is C25H32N7+. The molecule has 3 aliphatic rings. The van der Waals surface area contributed by atoms with Crippen molar-refractivity contribution in [3.63, 3.8) is 0 Å². The number of hydrogen-bond acceptors (Lipinski definition) is 5. The van der Waals surface area contributed by atoms with Gasteiger partial charge in [0.1, 0.15) is 0 Å². The smallest absolute Gasteiger partial charge is 0.196 e. The number of aromatic amines is 1. The SMILES string of the molecule is c1ccc(-c2cc(N=Nc3ccc(CCNCC[N+]45CCN(CC4)CC5)cc3)n[nH]2)cc1. The average molecular weight is 431 g/mol. The van der Waals surface area contributed by atoms with Crippen LogP contribution in [-0.4, -0.2) is 78.5 Å². The van der Waals surface area contributed by atoms with Gasteiger partial charge in [-0.3, -0.25) is 10.00 Å². The van der Waals surface area contributed by atoms with Crippen LogP contribution in [0.2, 0.25) is 0 Å². The molecule has 0 radical (unpaired) electrons. The summed E-state index contributed by atoms with van der Waals surface area (Å²) in [6.07, 6.45) is 1.03. The van der Waals surface area contributed by atoms with Crippen LogP contribution in [0.25, 0.3) is 11.3 Å². The highest BCUT2D eigenvalue weighted by Gasteiger charge is 2.37. The minimum Gasteiger partial charge on any atom is -0.319 e. The van der Waals surface area contributed by atoms with Crippen LogP contribution >= 0.6 is 0 Å². The van der Waals surface area contributed by atoms with Crippen molar-refractivity contribution in [1.29, 1.82) is 0 Å². The first-order chi connectivity index (χ1) is 15.8. The molecule has 3 fully saturated rings. The largest absolute Gasteiger partial charge is 0.319 e. The Morgan fingerprint density at radius 3 is 2.41 bits per heavy atom.